The molecule has 1 aromatic carbocycles. The third-order valence-electron chi connectivity index (χ3n) is 2.85. The van der Waals surface area contributed by atoms with Crippen LogP contribution in [0.5, 0.6) is 0 Å². The maximum absolute atomic E-state index is 11.8. The molecular formula is C13H14O3. The lowest BCUT2D eigenvalue weighted by molar-refractivity contribution is -0.109. The molecule has 0 fully saturated rings. The van der Waals surface area contributed by atoms with E-state index in [0.717, 1.165) is 23.0 Å². The monoisotopic (exact) mass is 218 g/mol. The number of aldehydes is 1. The van der Waals surface area contributed by atoms with Crippen molar-refractivity contribution in [1.82, 2.24) is 0 Å². The van der Waals surface area contributed by atoms with Gasteiger partial charge >= 0.3 is 5.97 Å². The van der Waals surface area contributed by atoms with Crippen LogP contribution in [-0.4, -0.2) is 18.4 Å². The Morgan fingerprint density at radius 3 is 2.88 bits per heavy atom. The zero-order valence-electron chi connectivity index (χ0n) is 9.45. The second kappa shape index (κ2) is 4.08. The van der Waals surface area contributed by atoms with E-state index in [9.17, 15) is 9.59 Å². The van der Waals surface area contributed by atoms with Crippen LogP contribution in [-0.2, 0) is 16.0 Å². The fraction of sp³-hybridized carbons (Fsp3) is 0.385. The summed E-state index contributed by atoms with van der Waals surface area (Å²) < 4.78 is 5.20. The van der Waals surface area contributed by atoms with Crippen LogP contribution in [0.1, 0.15) is 33.5 Å². The quantitative estimate of drug-likeness (QED) is 0.563. The summed E-state index contributed by atoms with van der Waals surface area (Å²) in [6, 6.07) is 3.97. The zero-order chi connectivity index (χ0) is 11.7. The Balaban J connectivity index is 2.42. The lowest BCUT2D eigenvalue weighted by Crippen LogP contribution is -2.28. The first kappa shape index (κ1) is 10.9. The van der Waals surface area contributed by atoms with Crippen molar-refractivity contribution in [3.05, 3.63) is 34.4 Å². The number of hydrogen-bond acceptors (Lipinski definition) is 3. The number of carbonyl (C=O) groups excluding carboxylic acids is 2. The first-order chi connectivity index (χ1) is 7.61. The Kier molecular flexibility index (Phi) is 2.77. The summed E-state index contributed by atoms with van der Waals surface area (Å²) in [6.07, 6.45) is 1.42. The van der Waals surface area contributed by atoms with Crippen molar-refractivity contribution < 1.29 is 14.3 Å². The average Bonchev–Trinajstić information content (AvgIpc) is 2.15. The second-order valence-corrected chi connectivity index (χ2v) is 4.25. The zero-order valence-corrected chi connectivity index (χ0v) is 9.45. The minimum Gasteiger partial charge on any atom is -0.458 e. The normalized spacial score (nSPS) is 18.9. The molecule has 3 heteroatoms. The van der Waals surface area contributed by atoms with E-state index in [2.05, 4.69) is 0 Å². The van der Waals surface area contributed by atoms with Crippen molar-refractivity contribution in [3.8, 4) is 0 Å². The van der Waals surface area contributed by atoms with E-state index in [1.54, 1.807) is 0 Å². The van der Waals surface area contributed by atoms with Gasteiger partial charge in [-0.05, 0) is 25.0 Å². The van der Waals surface area contributed by atoms with E-state index < -0.39 is 0 Å². The third kappa shape index (κ3) is 1.85. The van der Waals surface area contributed by atoms with Gasteiger partial charge in [-0.15, -0.1) is 0 Å². The summed E-state index contributed by atoms with van der Waals surface area (Å²) in [5, 5.41) is 0. The lowest BCUT2D eigenvalue weighted by Gasteiger charge is -2.24. The predicted molar refractivity (Wildman–Crippen MR) is 59.5 cm³/mol. The predicted octanol–water partition coefficient (Wildman–Crippen LogP) is 1.97. The molecule has 0 N–H and O–H groups in total. The van der Waals surface area contributed by atoms with Gasteiger partial charge in [-0.2, -0.15) is 0 Å². The Morgan fingerprint density at radius 2 is 2.19 bits per heavy atom. The number of aryl methyl sites for hydroxylation is 2. The van der Waals surface area contributed by atoms with Crippen LogP contribution in [0, 0.1) is 13.8 Å². The van der Waals surface area contributed by atoms with Crippen molar-refractivity contribution >= 4 is 12.3 Å². The van der Waals surface area contributed by atoms with Crippen LogP contribution in [0.2, 0.25) is 0 Å². The van der Waals surface area contributed by atoms with E-state index in [1.807, 2.05) is 26.0 Å². The van der Waals surface area contributed by atoms with E-state index in [0.29, 0.717) is 12.0 Å². The van der Waals surface area contributed by atoms with Gasteiger partial charge in [0.15, 0.2) is 0 Å². The first-order valence-electron chi connectivity index (χ1n) is 5.36. The Hall–Kier alpha value is -1.64. The molecule has 1 atom stereocenters. The van der Waals surface area contributed by atoms with Crippen LogP contribution >= 0.6 is 0 Å². The Labute approximate surface area is 94.4 Å². The number of cyclic esters (lactones) is 1. The molecule has 0 aliphatic carbocycles. The molecule has 0 amide bonds. The van der Waals surface area contributed by atoms with Crippen LogP contribution in [0.4, 0.5) is 0 Å². The van der Waals surface area contributed by atoms with Crippen LogP contribution < -0.4 is 0 Å². The highest BCUT2D eigenvalue weighted by Crippen LogP contribution is 2.26. The molecule has 0 saturated heterocycles. The molecule has 0 radical (unpaired) electrons. The maximum atomic E-state index is 11.8. The molecule has 3 nitrogen and oxygen atoms in total. The van der Waals surface area contributed by atoms with Crippen LogP contribution in [0.25, 0.3) is 0 Å². The summed E-state index contributed by atoms with van der Waals surface area (Å²) in [5.74, 6) is -0.300. The van der Waals surface area contributed by atoms with Gasteiger partial charge in [0.05, 0.1) is 5.56 Å². The molecule has 1 aliphatic heterocycles. The van der Waals surface area contributed by atoms with Gasteiger partial charge in [0, 0.05) is 12.8 Å². The summed E-state index contributed by atoms with van der Waals surface area (Å²) in [4.78, 5) is 22.2. The number of hydrogen-bond donors (Lipinski definition) is 0. The number of benzene rings is 1. The number of fused-ring (bicyclic) bond motifs is 1. The first-order valence-corrected chi connectivity index (χ1v) is 5.36. The van der Waals surface area contributed by atoms with Crippen molar-refractivity contribution in [1.29, 1.82) is 0 Å². The number of rotatable bonds is 2. The fourth-order valence-electron chi connectivity index (χ4n) is 2.24. The maximum Gasteiger partial charge on any atom is 0.338 e. The summed E-state index contributed by atoms with van der Waals surface area (Å²) in [7, 11) is 0. The van der Waals surface area contributed by atoms with Gasteiger partial charge in [-0.3, -0.25) is 0 Å². The van der Waals surface area contributed by atoms with Crippen LogP contribution in [0.3, 0.4) is 0 Å². The highest BCUT2D eigenvalue weighted by atomic mass is 16.5. The molecule has 1 unspecified atom stereocenters. The van der Waals surface area contributed by atoms with E-state index in [1.165, 1.54) is 0 Å². The number of carbonyl (C=O) groups is 2. The van der Waals surface area contributed by atoms with Crippen LogP contribution in [0.15, 0.2) is 12.1 Å². The highest BCUT2D eigenvalue weighted by molar-refractivity contribution is 5.94. The molecule has 1 heterocycles. The largest absolute Gasteiger partial charge is 0.458 e. The molecule has 2 rings (SSSR count). The lowest BCUT2D eigenvalue weighted by atomic mass is 9.92. The van der Waals surface area contributed by atoms with Gasteiger partial charge in [-0.25, -0.2) is 4.79 Å². The summed E-state index contributed by atoms with van der Waals surface area (Å²) in [6.45, 7) is 3.91. The van der Waals surface area contributed by atoms with Gasteiger partial charge in [0.2, 0.25) is 0 Å². The molecule has 0 spiro atoms. The third-order valence-corrected chi connectivity index (χ3v) is 2.85. The molecule has 0 saturated carbocycles. The van der Waals surface area contributed by atoms with Crippen molar-refractivity contribution in [3.63, 3.8) is 0 Å². The minimum absolute atomic E-state index is 0.276. The SMILES string of the molecule is Cc1cc(C)c2c(c1)CC(CC=O)OC2=O. The molecule has 1 aromatic rings. The number of esters is 1. The average molecular weight is 218 g/mol. The Morgan fingerprint density at radius 1 is 1.44 bits per heavy atom. The molecule has 0 aromatic heterocycles. The molecule has 16 heavy (non-hydrogen) atoms. The summed E-state index contributed by atoms with van der Waals surface area (Å²) in [5.41, 5.74) is 3.76. The topological polar surface area (TPSA) is 43.4 Å². The fourth-order valence-corrected chi connectivity index (χ4v) is 2.24. The minimum atomic E-state index is -0.300. The standard InChI is InChI=1S/C13H14O3/c1-8-5-9(2)12-10(6-8)7-11(3-4-14)16-13(12)15/h4-6,11H,3,7H2,1-2H3. The molecule has 1 aliphatic rings. The second-order valence-electron chi connectivity index (χ2n) is 4.25. The van der Waals surface area contributed by atoms with E-state index >= 15 is 0 Å². The molecular weight excluding hydrogens is 204 g/mol. The molecule has 84 valence electrons. The highest BCUT2D eigenvalue weighted by Gasteiger charge is 2.27. The molecule has 0 bridgehead atoms. The van der Waals surface area contributed by atoms with Gasteiger partial charge in [-0.1, -0.05) is 17.7 Å². The van der Waals surface area contributed by atoms with E-state index in [-0.39, 0.29) is 18.5 Å². The van der Waals surface area contributed by atoms with Gasteiger partial charge in [0.1, 0.15) is 12.4 Å². The number of ether oxygens (including phenoxy) is 1. The summed E-state index contributed by atoms with van der Waals surface area (Å²) >= 11 is 0. The Bertz CT molecular complexity index is 449. The van der Waals surface area contributed by atoms with Crippen molar-refractivity contribution in [2.45, 2.75) is 32.8 Å². The van der Waals surface area contributed by atoms with Crippen molar-refractivity contribution in [2.24, 2.45) is 0 Å². The van der Waals surface area contributed by atoms with E-state index in [4.69, 9.17) is 4.74 Å². The van der Waals surface area contributed by atoms with Gasteiger partial charge < -0.3 is 9.53 Å². The smallest absolute Gasteiger partial charge is 0.338 e. The van der Waals surface area contributed by atoms with Crippen molar-refractivity contribution in [2.75, 3.05) is 0 Å². The van der Waals surface area contributed by atoms with Gasteiger partial charge in [0.25, 0.3) is 0 Å².